The lowest BCUT2D eigenvalue weighted by molar-refractivity contribution is -0.603. The maximum atomic E-state index is 14.2. The van der Waals surface area contributed by atoms with Crippen molar-refractivity contribution in [2.24, 2.45) is 5.92 Å². The van der Waals surface area contributed by atoms with Crippen LogP contribution in [0.25, 0.3) is 10.9 Å². The third kappa shape index (κ3) is 4.01. The number of carbonyl (C=O) groups is 1. The zero-order chi connectivity index (χ0) is 21.3. The Kier molecular flexibility index (Phi) is 5.73. The van der Waals surface area contributed by atoms with Gasteiger partial charge >= 0.3 is 0 Å². The van der Waals surface area contributed by atoms with Gasteiger partial charge in [0, 0.05) is 27.0 Å². The summed E-state index contributed by atoms with van der Waals surface area (Å²) in [7, 11) is 0. The predicted molar refractivity (Wildman–Crippen MR) is 101 cm³/mol. The van der Waals surface area contributed by atoms with E-state index in [1.165, 1.54) is 13.0 Å². The molecule has 0 radical (unpaired) electrons. The van der Waals surface area contributed by atoms with Crippen LogP contribution >= 0.6 is 0 Å². The molecule has 9 heteroatoms. The van der Waals surface area contributed by atoms with Crippen LogP contribution < -0.4 is 10.9 Å². The van der Waals surface area contributed by atoms with E-state index >= 15 is 0 Å². The van der Waals surface area contributed by atoms with Crippen molar-refractivity contribution in [1.29, 1.82) is 5.26 Å². The smallest absolute Gasteiger partial charge is 0.252 e. The molecule has 2 aromatic rings. The lowest BCUT2D eigenvalue weighted by atomic mass is 9.92. The van der Waals surface area contributed by atoms with Gasteiger partial charge in [-0.25, -0.2) is 8.78 Å². The first-order valence-electron chi connectivity index (χ1n) is 9.35. The van der Waals surface area contributed by atoms with Crippen molar-refractivity contribution in [2.75, 3.05) is 6.54 Å². The number of aromatic nitrogens is 1. The molecule has 1 aromatic carbocycles. The number of hydrogen-bond acceptors (Lipinski definition) is 4. The zero-order valence-electron chi connectivity index (χ0n) is 16.1. The van der Waals surface area contributed by atoms with E-state index in [1.807, 2.05) is 0 Å². The van der Waals surface area contributed by atoms with E-state index in [-0.39, 0.29) is 40.9 Å². The topological polar surface area (TPSA) is 106 Å². The number of halogens is 2. The van der Waals surface area contributed by atoms with Crippen molar-refractivity contribution >= 4 is 16.8 Å². The second kappa shape index (κ2) is 8.07. The van der Waals surface area contributed by atoms with Gasteiger partial charge in [0.1, 0.15) is 5.92 Å². The molecule has 0 aliphatic carbocycles. The minimum atomic E-state index is -1.08. The minimum Gasteiger partial charge on any atom is -0.347 e. The highest BCUT2D eigenvalue weighted by molar-refractivity contribution is 5.86. The number of nitriles is 1. The summed E-state index contributed by atoms with van der Waals surface area (Å²) in [5.41, 5.74) is -0.161. The molecule has 1 saturated heterocycles. The molecular formula is C20H21F2N4O3+. The second-order valence-corrected chi connectivity index (χ2v) is 7.44. The van der Waals surface area contributed by atoms with Gasteiger partial charge in [0.15, 0.2) is 11.6 Å². The number of piperidine rings is 1. The fourth-order valence-corrected chi connectivity index (χ4v) is 3.88. The Balaban J connectivity index is 1.78. The SMILES string of the molecule is Cc1c(CC(=O)N[C@H](C)C2CCC(C#N)C[N+]2=O)c(=O)[nH]c2ccc(F)c(F)c12. The average molecular weight is 403 g/mol. The fraction of sp³-hybridized carbons (Fsp3) is 0.450. The molecule has 1 aromatic heterocycles. The molecule has 1 aliphatic heterocycles. The quantitative estimate of drug-likeness (QED) is 0.764. The number of carbonyl (C=O) groups excluding carboxylic acids is 1. The van der Waals surface area contributed by atoms with E-state index in [2.05, 4.69) is 16.4 Å². The van der Waals surface area contributed by atoms with Crippen LogP contribution in [-0.2, 0) is 11.2 Å². The second-order valence-electron chi connectivity index (χ2n) is 7.44. The van der Waals surface area contributed by atoms with Crippen molar-refractivity contribution in [2.45, 2.75) is 45.2 Å². The van der Waals surface area contributed by atoms with Crippen LogP contribution in [0.15, 0.2) is 16.9 Å². The number of benzene rings is 1. The van der Waals surface area contributed by atoms with Gasteiger partial charge in [0.2, 0.25) is 18.5 Å². The van der Waals surface area contributed by atoms with Gasteiger partial charge in [-0.2, -0.15) is 5.26 Å². The van der Waals surface area contributed by atoms with Gasteiger partial charge in [-0.3, -0.25) is 9.59 Å². The number of H-pyrrole nitrogens is 1. The Hall–Kier alpha value is -3.15. The maximum absolute atomic E-state index is 14.2. The number of aryl methyl sites for hydroxylation is 1. The maximum Gasteiger partial charge on any atom is 0.252 e. The van der Waals surface area contributed by atoms with Crippen LogP contribution in [0.2, 0.25) is 0 Å². The number of nitroso groups, excluding NO2 is 1. The molecule has 2 heterocycles. The van der Waals surface area contributed by atoms with Crippen molar-refractivity contribution in [3.8, 4) is 6.07 Å². The fourth-order valence-electron chi connectivity index (χ4n) is 3.88. The summed E-state index contributed by atoms with van der Waals surface area (Å²) in [5.74, 6) is -2.94. The summed E-state index contributed by atoms with van der Waals surface area (Å²) in [4.78, 5) is 39.5. The molecule has 0 spiro atoms. The van der Waals surface area contributed by atoms with Gasteiger partial charge in [-0.15, -0.1) is 0 Å². The van der Waals surface area contributed by atoms with Gasteiger partial charge in [0.25, 0.3) is 5.56 Å². The van der Waals surface area contributed by atoms with Crippen LogP contribution in [0.5, 0.6) is 0 Å². The Morgan fingerprint density at radius 3 is 2.79 bits per heavy atom. The summed E-state index contributed by atoms with van der Waals surface area (Å²) in [6.45, 7) is 3.25. The van der Waals surface area contributed by atoms with E-state index in [0.717, 1.165) is 10.8 Å². The third-order valence-corrected chi connectivity index (χ3v) is 5.51. The molecule has 3 rings (SSSR count). The molecule has 2 unspecified atom stereocenters. The van der Waals surface area contributed by atoms with Crippen LogP contribution in [0, 0.1) is 40.7 Å². The summed E-state index contributed by atoms with van der Waals surface area (Å²) in [6, 6.07) is 3.32. The van der Waals surface area contributed by atoms with E-state index in [4.69, 9.17) is 5.26 Å². The molecule has 1 amide bonds. The molecule has 2 N–H and O–H groups in total. The Bertz CT molecular complexity index is 1090. The highest BCUT2D eigenvalue weighted by Gasteiger charge is 2.39. The van der Waals surface area contributed by atoms with Crippen LogP contribution in [0.1, 0.15) is 30.9 Å². The first-order chi connectivity index (χ1) is 13.7. The lowest BCUT2D eigenvalue weighted by Crippen LogP contribution is -2.49. The molecular weight excluding hydrogens is 382 g/mol. The third-order valence-electron chi connectivity index (χ3n) is 5.51. The van der Waals surface area contributed by atoms with Gasteiger partial charge in [-0.1, -0.05) is 0 Å². The number of rotatable bonds is 4. The van der Waals surface area contributed by atoms with E-state index < -0.39 is 35.2 Å². The molecule has 0 saturated carbocycles. The summed E-state index contributed by atoms with van der Waals surface area (Å²) in [5, 5.41) is 11.6. The number of nitrogens with zero attached hydrogens (tertiary/aromatic N) is 2. The molecule has 1 aliphatic rings. The van der Waals surface area contributed by atoms with Gasteiger partial charge in [0.05, 0.1) is 24.0 Å². The molecule has 3 atom stereocenters. The summed E-state index contributed by atoms with van der Waals surface area (Å²) < 4.78 is 28.6. The molecule has 7 nitrogen and oxygen atoms in total. The van der Waals surface area contributed by atoms with Crippen molar-refractivity contribution in [3.05, 3.63) is 50.2 Å². The number of hydrogen-bond donors (Lipinski definition) is 2. The Labute approximate surface area is 165 Å². The number of nitrogens with one attached hydrogen (secondary N) is 2. The van der Waals surface area contributed by atoms with Crippen molar-refractivity contribution < 1.29 is 18.3 Å². The molecule has 152 valence electrons. The van der Waals surface area contributed by atoms with E-state index in [9.17, 15) is 23.3 Å². The van der Waals surface area contributed by atoms with Gasteiger partial charge < -0.3 is 10.3 Å². The number of aromatic amines is 1. The summed E-state index contributed by atoms with van der Waals surface area (Å²) in [6.07, 6.45) is 0.724. The zero-order valence-corrected chi connectivity index (χ0v) is 16.1. The highest BCUT2D eigenvalue weighted by atomic mass is 19.2. The summed E-state index contributed by atoms with van der Waals surface area (Å²) >= 11 is 0. The minimum absolute atomic E-state index is 0.0406. The average Bonchev–Trinajstić information content (AvgIpc) is 2.67. The normalized spacial score (nSPS) is 20.3. The number of fused-ring (bicyclic) bond motifs is 1. The largest absolute Gasteiger partial charge is 0.347 e. The molecule has 1 fully saturated rings. The first-order valence-corrected chi connectivity index (χ1v) is 9.35. The molecule has 0 bridgehead atoms. The van der Waals surface area contributed by atoms with Crippen molar-refractivity contribution in [3.63, 3.8) is 0 Å². The number of amides is 1. The van der Waals surface area contributed by atoms with Gasteiger partial charge in [-0.05, 0) is 38.0 Å². The monoisotopic (exact) mass is 403 g/mol. The standard InChI is InChI=1S/C20H20F2N4O3/c1-10-13(20(28)25-15-5-4-14(21)19(22)18(10)15)7-17(27)24-11(2)16-6-3-12(8-23)9-26(16)29/h4-5,11-12,16H,3,6-7,9H2,1-2H3,(H-,24,25,27,28)/p+1/t11-,12?,16?/m1/s1. The predicted octanol–water partition coefficient (Wildman–Crippen LogP) is 2.24. The molecule has 29 heavy (non-hydrogen) atoms. The van der Waals surface area contributed by atoms with E-state index in [0.29, 0.717) is 12.8 Å². The van der Waals surface area contributed by atoms with Crippen LogP contribution in [0.3, 0.4) is 0 Å². The highest BCUT2D eigenvalue weighted by Crippen LogP contribution is 2.24. The van der Waals surface area contributed by atoms with E-state index in [1.54, 1.807) is 6.92 Å². The van der Waals surface area contributed by atoms with Crippen molar-refractivity contribution in [1.82, 2.24) is 10.3 Å². The Morgan fingerprint density at radius 1 is 1.41 bits per heavy atom. The van der Waals surface area contributed by atoms with Crippen LogP contribution in [0.4, 0.5) is 8.78 Å². The number of pyridine rings is 1. The lowest BCUT2D eigenvalue weighted by Gasteiger charge is -2.23. The first kappa shape index (κ1) is 20.6. The van der Waals surface area contributed by atoms with Crippen LogP contribution in [-0.4, -0.2) is 34.3 Å². The Morgan fingerprint density at radius 2 is 2.14 bits per heavy atom.